The Morgan fingerprint density at radius 2 is 2.08 bits per heavy atom. The minimum atomic E-state index is -1.29. The van der Waals surface area contributed by atoms with Gasteiger partial charge in [-0.25, -0.2) is 9.78 Å². The molecule has 0 aliphatic carbocycles. The number of carboxylic acids is 1. The van der Waals surface area contributed by atoms with Crippen molar-refractivity contribution in [1.82, 2.24) is 20.2 Å². The molecule has 1 unspecified atom stereocenters. The van der Waals surface area contributed by atoms with E-state index in [-0.39, 0.29) is 56.2 Å². The number of nitrogens with zero attached hydrogens (tertiary/aromatic N) is 5. The highest BCUT2D eigenvalue weighted by Crippen LogP contribution is 2.41. The lowest BCUT2D eigenvalue weighted by Gasteiger charge is -2.49. The zero-order valence-electron chi connectivity index (χ0n) is 19.1. The van der Waals surface area contributed by atoms with E-state index < -0.39 is 29.2 Å². The van der Waals surface area contributed by atoms with E-state index in [9.17, 15) is 19.5 Å². The number of carbonyl (C=O) groups is 3. The van der Waals surface area contributed by atoms with Crippen molar-refractivity contribution in [3.63, 3.8) is 0 Å². The second-order valence-electron chi connectivity index (χ2n) is 7.55. The van der Waals surface area contributed by atoms with E-state index in [0.717, 1.165) is 32.7 Å². The van der Waals surface area contributed by atoms with Crippen LogP contribution in [0.5, 0.6) is 0 Å². The minimum Gasteiger partial charge on any atom is -0.477 e. The highest BCUT2D eigenvalue weighted by molar-refractivity contribution is 8.01. The zero-order chi connectivity index (χ0) is 27.0. The topological polar surface area (TPSA) is 268 Å². The average Bonchev–Trinajstić information content (AvgIpc) is 3.30. The van der Waals surface area contributed by atoms with Crippen LogP contribution in [0, 0.1) is 0 Å². The summed E-state index contributed by atoms with van der Waals surface area (Å²) in [5, 5.41) is 17.5. The Labute approximate surface area is 221 Å². The van der Waals surface area contributed by atoms with Crippen LogP contribution in [0.4, 0.5) is 22.5 Å². The fourth-order valence-electron chi connectivity index (χ4n) is 3.53. The number of amides is 2. The van der Waals surface area contributed by atoms with Crippen molar-refractivity contribution in [1.29, 1.82) is 0 Å². The second-order valence-corrected chi connectivity index (χ2v) is 10.5. The van der Waals surface area contributed by atoms with Crippen LogP contribution < -0.4 is 38.8 Å². The quantitative estimate of drug-likeness (QED) is 0.0337. The van der Waals surface area contributed by atoms with Crippen molar-refractivity contribution in [2.24, 2.45) is 5.16 Å². The number of carbonyl (C=O) groups excluding carboxylic acids is 2. The Morgan fingerprint density at radius 1 is 1.35 bits per heavy atom. The fraction of sp³-hybridized carbons (Fsp3) is 0.278. The van der Waals surface area contributed by atoms with Crippen molar-refractivity contribution in [3.8, 4) is 0 Å². The number of anilines is 4. The van der Waals surface area contributed by atoms with Crippen molar-refractivity contribution >= 4 is 80.8 Å². The lowest BCUT2D eigenvalue weighted by molar-refractivity contribution is -0.667. The van der Waals surface area contributed by atoms with Crippen LogP contribution in [0.2, 0.25) is 0 Å². The third-order valence-corrected chi connectivity index (χ3v) is 8.36. The molecule has 4 heterocycles. The van der Waals surface area contributed by atoms with Crippen LogP contribution in [0.3, 0.4) is 0 Å². The van der Waals surface area contributed by atoms with E-state index in [1.54, 1.807) is 0 Å². The summed E-state index contributed by atoms with van der Waals surface area (Å²) in [5.41, 5.74) is 23.2. The SMILES string of the molecule is CO/N=C(\C(=O)NC1C(=O)N2C(C(=O)O)=C(CSc3nc(N)c(N)c(N)[n+]3N)CS[C@H]12)c1csc(N)n1. The highest BCUT2D eigenvalue weighted by atomic mass is 32.2. The molecule has 0 bridgehead atoms. The monoisotopic (exact) mass is 568 g/mol. The number of rotatable bonds is 8. The molecule has 0 aromatic carbocycles. The molecule has 0 radical (unpaired) electrons. The first-order valence-electron chi connectivity index (χ1n) is 10.2. The molecule has 2 aliphatic heterocycles. The van der Waals surface area contributed by atoms with Crippen LogP contribution in [-0.2, 0) is 19.2 Å². The molecule has 4 rings (SSSR count). The molecule has 2 amide bonds. The van der Waals surface area contributed by atoms with Crippen molar-refractivity contribution in [2.45, 2.75) is 16.6 Å². The largest absolute Gasteiger partial charge is 0.477 e. The first-order valence-corrected chi connectivity index (χ1v) is 13.1. The maximum atomic E-state index is 13.0. The van der Waals surface area contributed by atoms with Gasteiger partial charge in [-0.05, 0) is 17.3 Å². The summed E-state index contributed by atoms with van der Waals surface area (Å²) >= 11 is 3.48. The predicted octanol–water partition coefficient (Wildman–Crippen LogP) is -2.25. The van der Waals surface area contributed by atoms with Gasteiger partial charge in [-0.15, -0.1) is 27.8 Å². The number of carboxylic acid groups (broad SMARTS) is 1. The lowest BCUT2D eigenvalue weighted by Crippen LogP contribution is -2.71. The van der Waals surface area contributed by atoms with Gasteiger partial charge in [0.05, 0.1) is 0 Å². The summed E-state index contributed by atoms with van der Waals surface area (Å²) in [6.07, 6.45) is 0. The van der Waals surface area contributed by atoms with E-state index in [4.69, 9.17) is 33.6 Å². The first kappa shape index (κ1) is 26.1. The average molecular weight is 569 g/mol. The smallest absolute Gasteiger partial charge is 0.352 e. The lowest BCUT2D eigenvalue weighted by atomic mass is 10.0. The standard InChI is InChI=1S/C18H21N11O5S3/c1-34-27-8(6-4-36-17(22)24-6)13(30)25-9-14(31)28-10(16(32)33)5(2-35-15(9)28)3-37-18-26-11(20)7(19)12(21)29(18)23/h4,9,15H,2-3,23H2,1H3,(H9,19,20,21,22,24,25,27,30,32,33)/p+1/t9?,15-/m1/s1. The van der Waals surface area contributed by atoms with E-state index in [2.05, 4.69) is 20.4 Å². The fourth-order valence-corrected chi connectivity index (χ4v) is 6.50. The summed E-state index contributed by atoms with van der Waals surface area (Å²) in [4.78, 5) is 51.9. The van der Waals surface area contributed by atoms with Crippen molar-refractivity contribution < 1.29 is 29.0 Å². The summed E-state index contributed by atoms with van der Waals surface area (Å²) in [6, 6.07) is -0.983. The van der Waals surface area contributed by atoms with Crippen LogP contribution >= 0.6 is 34.9 Å². The molecule has 0 saturated carbocycles. The zero-order valence-corrected chi connectivity index (χ0v) is 21.5. The molecule has 1 fully saturated rings. The first-order chi connectivity index (χ1) is 17.5. The highest BCUT2D eigenvalue weighted by Gasteiger charge is 2.54. The van der Waals surface area contributed by atoms with Gasteiger partial charge in [0.2, 0.25) is 5.82 Å². The van der Waals surface area contributed by atoms with Crippen LogP contribution in [0.25, 0.3) is 0 Å². The number of aliphatic carboxylic acids is 1. The molecule has 2 aromatic rings. The maximum Gasteiger partial charge on any atom is 0.352 e. The van der Waals surface area contributed by atoms with Gasteiger partial charge in [0.1, 0.15) is 29.9 Å². The van der Waals surface area contributed by atoms with E-state index in [1.165, 1.54) is 24.3 Å². The van der Waals surface area contributed by atoms with Crippen molar-refractivity contribution in [3.05, 3.63) is 22.3 Å². The molecule has 12 N–H and O–H groups in total. The van der Waals surface area contributed by atoms with Crippen LogP contribution in [-0.4, -0.2) is 73.5 Å². The van der Waals surface area contributed by atoms with Crippen LogP contribution in [0.15, 0.2) is 27.0 Å². The van der Waals surface area contributed by atoms with Gasteiger partial charge in [0, 0.05) is 16.9 Å². The number of nitrogen functional groups attached to an aromatic ring is 5. The minimum absolute atomic E-state index is 0.00810. The third kappa shape index (κ3) is 4.74. The van der Waals surface area contributed by atoms with Gasteiger partial charge in [0.15, 0.2) is 16.5 Å². The normalized spacial score (nSPS) is 19.3. The number of hydrogen-bond acceptors (Lipinski definition) is 15. The number of fused-ring (bicyclic) bond motifs is 1. The Balaban J connectivity index is 1.51. The Morgan fingerprint density at radius 3 is 2.70 bits per heavy atom. The Bertz CT molecular complexity index is 1360. The number of thiazole rings is 1. The summed E-state index contributed by atoms with van der Waals surface area (Å²) < 4.78 is 1.05. The van der Waals surface area contributed by atoms with E-state index >= 15 is 0 Å². The van der Waals surface area contributed by atoms with Gasteiger partial charge < -0.3 is 38.2 Å². The number of β-lactam (4-membered cyclic amide) rings is 1. The van der Waals surface area contributed by atoms with Crippen molar-refractivity contribution in [2.75, 3.05) is 47.4 Å². The Kier molecular flexibility index (Phi) is 7.18. The number of oxime groups is 1. The molecule has 19 heteroatoms. The molecule has 0 spiro atoms. The second kappa shape index (κ2) is 10.2. The molecule has 1 saturated heterocycles. The molecule has 2 atom stereocenters. The van der Waals surface area contributed by atoms with Gasteiger partial charge in [-0.3, -0.25) is 20.3 Å². The number of aromatic nitrogens is 3. The summed E-state index contributed by atoms with van der Waals surface area (Å²) in [6.45, 7) is 0. The molecule has 16 nitrogen and oxygen atoms in total. The number of thioether (sulfide) groups is 2. The molecular weight excluding hydrogens is 546 g/mol. The Hall–Kier alpha value is -3.97. The summed E-state index contributed by atoms with van der Waals surface area (Å²) in [5.74, 6) is 3.69. The molecule has 2 aliphatic rings. The number of nitrogens with one attached hydrogen (secondary N) is 1. The van der Waals surface area contributed by atoms with Gasteiger partial charge in [-0.1, -0.05) is 10.1 Å². The van der Waals surface area contributed by atoms with Gasteiger partial charge >= 0.3 is 11.1 Å². The van der Waals surface area contributed by atoms with E-state index in [0.29, 0.717) is 5.57 Å². The molecule has 196 valence electrons. The third-order valence-electron chi connectivity index (χ3n) is 5.31. The summed E-state index contributed by atoms with van der Waals surface area (Å²) in [7, 11) is 1.26. The number of nitrogens with two attached hydrogens (primary N) is 5. The predicted molar refractivity (Wildman–Crippen MR) is 138 cm³/mol. The molecule has 37 heavy (non-hydrogen) atoms. The van der Waals surface area contributed by atoms with Gasteiger partial charge in [0.25, 0.3) is 17.6 Å². The number of hydrogen-bond donors (Lipinski definition) is 7. The van der Waals surface area contributed by atoms with E-state index in [1.807, 2.05) is 0 Å². The molecule has 2 aromatic heterocycles. The molecular formula is C18H22N11O5S3+. The van der Waals surface area contributed by atoms with Gasteiger partial charge in [-0.2, -0.15) is 0 Å². The maximum absolute atomic E-state index is 13.0. The van der Waals surface area contributed by atoms with Crippen LogP contribution in [0.1, 0.15) is 5.69 Å².